The first-order valence-corrected chi connectivity index (χ1v) is 13.1. The standard InChI is InChI=1S/C30H32FN5O3/c1-20-8-14-23(15-9-20)38-27-32-17-16-24(33-27)26-25(21-10-12-22(31)13-11-21)34-28(35-18-6-5-7-19-35)36(26)29(37)39-30(2,3)4/h8-17H,5-7,18-19H2,1-4H3. The number of aromatic nitrogens is 4. The van der Waals surface area contributed by atoms with E-state index in [1.807, 2.05) is 52.0 Å². The number of halogens is 1. The van der Waals surface area contributed by atoms with Crippen LogP contribution in [-0.4, -0.2) is 44.3 Å². The second-order valence-electron chi connectivity index (χ2n) is 10.6. The number of nitrogens with zero attached hydrogens (tertiary/aromatic N) is 5. The lowest BCUT2D eigenvalue weighted by atomic mass is 10.1. The highest BCUT2D eigenvalue weighted by atomic mass is 19.1. The van der Waals surface area contributed by atoms with Gasteiger partial charge < -0.3 is 14.4 Å². The summed E-state index contributed by atoms with van der Waals surface area (Å²) >= 11 is 0. The molecule has 202 valence electrons. The highest BCUT2D eigenvalue weighted by molar-refractivity contribution is 5.89. The summed E-state index contributed by atoms with van der Waals surface area (Å²) in [5.41, 5.74) is 2.35. The molecule has 3 heterocycles. The van der Waals surface area contributed by atoms with Crippen LogP contribution < -0.4 is 9.64 Å². The molecule has 0 amide bonds. The maximum absolute atomic E-state index is 13.9. The van der Waals surface area contributed by atoms with Crippen molar-refractivity contribution in [2.75, 3.05) is 18.0 Å². The molecule has 8 nitrogen and oxygen atoms in total. The number of anilines is 1. The van der Waals surface area contributed by atoms with Crippen molar-refractivity contribution in [1.82, 2.24) is 19.5 Å². The lowest BCUT2D eigenvalue weighted by molar-refractivity contribution is 0.0541. The molecule has 4 aromatic rings. The van der Waals surface area contributed by atoms with Crippen LogP contribution in [0, 0.1) is 12.7 Å². The van der Waals surface area contributed by atoms with Gasteiger partial charge in [-0.1, -0.05) is 17.7 Å². The molecule has 0 atom stereocenters. The summed E-state index contributed by atoms with van der Waals surface area (Å²) in [4.78, 5) is 29.8. The Balaban J connectivity index is 1.69. The van der Waals surface area contributed by atoms with Gasteiger partial charge in [0.15, 0.2) is 0 Å². The molecule has 0 bridgehead atoms. The minimum Gasteiger partial charge on any atom is -0.443 e. The normalized spacial score (nSPS) is 13.8. The van der Waals surface area contributed by atoms with E-state index in [1.54, 1.807) is 24.4 Å². The highest BCUT2D eigenvalue weighted by Gasteiger charge is 2.31. The van der Waals surface area contributed by atoms with Crippen LogP contribution in [0.25, 0.3) is 22.6 Å². The van der Waals surface area contributed by atoms with Crippen molar-refractivity contribution >= 4 is 12.0 Å². The van der Waals surface area contributed by atoms with Crippen LogP contribution >= 0.6 is 0 Å². The Morgan fingerprint density at radius 2 is 1.62 bits per heavy atom. The van der Waals surface area contributed by atoms with Gasteiger partial charge in [-0.15, -0.1) is 0 Å². The molecular formula is C30H32FN5O3. The molecule has 39 heavy (non-hydrogen) atoms. The number of hydrogen-bond acceptors (Lipinski definition) is 7. The molecule has 2 aromatic heterocycles. The Labute approximate surface area is 227 Å². The molecule has 0 unspecified atom stereocenters. The van der Waals surface area contributed by atoms with Crippen molar-refractivity contribution in [2.45, 2.75) is 52.6 Å². The van der Waals surface area contributed by atoms with E-state index in [1.165, 1.54) is 16.7 Å². The lowest BCUT2D eigenvalue weighted by Crippen LogP contribution is -2.35. The summed E-state index contributed by atoms with van der Waals surface area (Å²) in [6.45, 7) is 8.97. The molecule has 0 saturated carbocycles. The Hall–Kier alpha value is -4.27. The monoisotopic (exact) mass is 529 g/mol. The molecule has 0 spiro atoms. The van der Waals surface area contributed by atoms with Crippen molar-refractivity contribution < 1.29 is 18.7 Å². The van der Waals surface area contributed by atoms with Crippen LogP contribution in [0.15, 0.2) is 60.8 Å². The topological polar surface area (TPSA) is 82.4 Å². The largest absolute Gasteiger partial charge is 0.443 e. The van der Waals surface area contributed by atoms with E-state index in [-0.39, 0.29) is 11.8 Å². The molecule has 0 N–H and O–H groups in total. The third kappa shape index (κ3) is 6.08. The van der Waals surface area contributed by atoms with Gasteiger partial charge in [-0.05, 0) is 89.4 Å². The fourth-order valence-corrected chi connectivity index (χ4v) is 4.47. The van der Waals surface area contributed by atoms with E-state index in [2.05, 4.69) is 14.9 Å². The van der Waals surface area contributed by atoms with Gasteiger partial charge in [0.05, 0.1) is 5.69 Å². The summed E-state index contributed by atoms with van der Waals surface area (Å²) in [7, 11) is 0. The first-order valence-electron chi connectivity index (χ1n) is 13.1. The molecule has 1 aliphatic heterocycles. The zero-order chi connectivity index (χ0) is 27.6. The lowest BCUT2D eigenvalue weighted by Gasteiger charge is -2.29. The van der Waals surface area contributed by atoms with Gasteiger partial charge in [0, 0.05) is 24.8 Å². The number of carbonyl (C=O) groups is 1. The third-order valence-corrected chi connectivity index (χ3v) is 6.30. The minimum atomic E-state index is -0.737. The van der Waals surface area contributed by atoms with Gasteiger partial charge in [0.25, 0.3) is 0 Å². The van der Waals surface area contributed by atoms with Gasteiger partial charge in [-0.3, -0.25) is 0 Å². The van der Waals surface area contributed by atoms with Crippen molar-refractivity contribution in [3.8, 4) is 34.4 Å². The molecule has 2 aromatic carbocycles. The summed E-state index contributed by atoms with van der Waals surface area (Å²) in [6.07, 6.45) is 4.10. The van der Waals surface area contributed by atoms with Crippen LogP contribution in [0.1, 0.15) is 45.6 Å². The predicted molar refractivity (Wildman–Crippen MR) is 148 cm³/mol. The van der Waals surface area contributed by atoms with Crippen molar-refractivity contribution in [3.63, 3.8) is 0 Å². The molecule has 1 fully saturated rings. The van der Waals surface area contributed by atoms with Crippen molar-refractivity contribution in [1.29, 1.82) is 0 Å². The van der Waals surface area contributed by atoms with Gasteiger partial charge in [-0.25, -0.2) is 23.7 Å². The number of ether oxygens (including phenoxy) is 2. The second-order valence-corrected chi connectivity index (χ2v) is 10.6. The smallest absolute Gasteiger partial charge is 0.422 e. The van der Waals surface area contributed by atoms with E-state index in [4.69, 9.17) is 14.5 Å². The van der Waals surface area contributed by atoms with E-state index in [9.17, 15) is 9.18 Å². The maximum Gasteiger partial charge on any atom is 0.422 e. The zero-order valence-electron chi connectivity index (χ0n) is 22.6. The van der Waals surface area contributed by atoms with Crippen LogP contribution in [0.3, 0.4) is 0 Å². The van der Waals surface area contributed by atoms with Crippen LogP contribution in [0.2, 0.25) is 0 Å². The molecular weight excluding hydrogens is 497 g/mol. The summed E-state index contributed by atoms with van der Waals surface area (Å²) in [6, 6.07) is 15.4. The number of carbonyl (C=O) groups excluding carboxylic acids is 1. The number of piperidine rings is 1. The molecule has 0 aliphatic carbocycles. The van der Waals surface area contributed by atoms with Gasteiger partial charge in [-0.2, -0.15) is 4.98 Å². The van der Waals surface area contributed by atoms with E-state index < -0.39 is 11.7 Å². The molecule has 0 radical (unpaired) electrons. The van der Waals surface area contributed by atoms with Crippen LogP contribution in [-0.2, 0) is 4.74 Å². The Bertz CT molecular complexity index is 1450. The number of aryl methyl sites for hydroxylation is 1. The number of imidazole rings is 1. The minimum absolute atomic E-state index is 0.123. The predicted octanol–water partition coefficient (Wildman–Crippen LogP) is 7.02. The maximum atomic E-state index is 13.9. The van der Waals surface area contributed by atoms with Crippen molar-refractivity contribution in [3.05, 3.63) is 72.2 Å². The average molecular weight is 530 g/mol. The summed E-state index contributed by atoms with van der Waals surface area (Å²) in [5, 5.41) is 0. The van der Waals surface area contributed by atoms with E-state index in [0.29, 0.717) is 34.3 Å². The third-order valence-electron chi connectivity index (χ3n) is 6.30. The molecule has 9 heteroatoms. The molecule has 1 saturated heterocycles. The Morgan fingerprint density at radius 1 is 0.923 bits per heavy atom. The molecule has 1 aliphatic rings. The quantitative estimate of drug-likeness (QED) is 0.275. The molecule has 5 rings (SSSR count). The van der Waals surface area contributed by atoms with Gasteiger partial charge in [0.1, 0.15) is 28.6 Å². The SMILES string of the molecule is Cc1ccc(Oc2nccc(-c3c(-c4ccc(F)cc4)nc(N4CCCCC4)n3C(=O)OC(C)(C)C)n2)cc1. The van der Waals surface area contributed by atoms with E-state index in [0.717, 1.165) is 37.9 Å². The van der Waals surface area contributed by atoms with Crippen LogP contribution in [0.4, 0.5) is 15.1 Å². The van der Waals surface area contributed by atoms with Crippen LogP contribution in [0.5, 0.6) is 11.8 Å². The van der Waals surface area contributed by atoms with E-state index >= 15 is 0 Å². The Morgan fingerprint density at radius 3 is 2.28 bits per heavy atom. The Kier molecular flexibility index (Phi) is 7.32. The summed E-state index contributed by atoms with van der Waals surface area (Å²) < 4.78 is 27.1. The fraction of sp³-hybridized carbons (Fsp3) is 0.333. The average Bonchev–Trinajstić information content (AvgIpc) is 3.31. The first kappa shape index (κ1) is 26.3. The van der Waals surface area contributed by atoms with Crippen molar-refractivity contribution in [2.24, 2.45) is 0 Å². The second kappa shape index (κ2) is 10.8. The summed E-state index contributed by atoms with van der Waals surface area (Å²) in [5.74, 6) is 0.697. The number of rotatable bonds is 5. The number of benzene rings is 2. The van der Waals surface area contributed by atoms with Gasteiger partial charge >= 0.3 is 12.1 Å². The van der Waals surface area contributed by atoms with Gasteiger partial charge in [0.2, 0.25) is 5.95 Å². The highest BCUT2D eigenvalue weighted by Crippen LogP contribution is 2.37. The fourth-order valence-electron chi connectivity index (χ4n) is 4.47. The number of hydrogen-bond donors (Lipinski definition) is 0. The first-order chi connectivity index (χ1) is 18.7. The zero-order valence-corrected chi connectivity index (χ0v) is 22.6.